The van der Waals surface area contributed by atoms with Gasteiger partial charge in [-0.15, -0.1) is 0 Å². The Hall–Kier alpha value is -0.940. The van der Waals surface area contributed by atoms with Crippen molar-refractivity contribution >= 4 is 37.5 Å². The first kappa shape index (κ1) is 18.1. The topological polar surface area (TPSA) is 131 Å². The molecule has 21 heavy (non-hydrogen) atoms. The van der Waals surface area contributed by atoms with E-state index in [1.165, 1.54) is 6.07 Å². The normalized spacial score (nSPS) is 12.3. The number of aromatic nitrogens is 1. The highest BCUT2D eigenvalue weighted by Gasteiger charge is 2.17. The summed E-state index contributed by atoms with van der Waals surface area (Å²) in [5.74, 6) is -0.106. The minimum atomic E-state index is -3.89. The highest BCUT2D eigenvalue weighted by atomic mass is 35.5. The first-order valence-electron chi connectivity index (χ1n) is 6.05. The van der Waals surface area contributed by atoms with Crippen LogP contribution >= 0.6 is 11.6 Å². The molecular formula is C10H17ClN4O4S2. The van der Waals surface area contributed by atoms with E-state index >= 15 is 0 Å². The smallest absolute Gasteiger partial charge is 0.242 e. The van der Waals surface area contributed by atoms with Crippen molar-refractivity contribution in [3.63, 3.8) is 0 Å². The molecule has 0 atom stereocenters. The molecule has 1 heterocycles. The Labute approximate surface area is 129 Å². The number of nitrogens with two attached hydrogens (primary N) is 1. The molecule has 1 aromatic heterocycles. The number of hydrogen-bond acceptors (Lipinski definition) is 6. The van der Waals surface area contributed by atoms with Crippen LogP contribution in [0.3, 0.4) is 0 Å². The van der Waals surface area contributed by atoms with Gasteiger partial charge in [0.1, 0.15) is 10.7 Å². The minimum Gasteiger partial charge on any atom is -0.369 e. The molecule has 1 rings (SSSR count). The predicted molar refractivity (Wildman–Crippen MR) is 81.2 cm³/mol. The van der Waals surface area contributed by atoms with E-state index in [1.54, 1.807) is 0 Å². The van der Waals surface area contributed by atoms with Gasteiger partial charge in [-0.25, -0.2) is 31.7 Å². The summed E-state index contributed by atoms with van der Waals surface area (Å²) in [6.45, 7) is 2.30. The highest BCUT2D eigenvalue weighted by Crippen LogP contribution is 2.22. The largest absolute Gasteiger partial charge is 0.369 e. The monoisotopic (exact) mass is 356 g/mol. The van der Waals surface area contributed by atoms with Gasteiger partial charge in [0.05, 0.1) is 10.8 Å². The average molecular weight is 357 g/mol. The van der Waals surface area contributed by atoms with Crippen LogP contribution in [0.25, 0.3) is 0 Å². The fourth-order valence-corrected chi connectivity index (χ4v) is 3.16. The Bertz CT molecular complexity index is 691. The van der Waals surface area contributed by atoms with Crippen molar-refractivity contribution < 1.29 is 16.8 Å². The third kappa shape index (κ3) is 6.14. The number of primary sulfonamides is 1. The molecule has 0 saturated heterocycles. The lowest BCUT2D eigenvalue weighted by molar-refractivity contribution is 0.581. The van der Waals surface area contributed by atoms with E-state index < -0.39 is 25.8 Å². The molecule has 0 amide bonds. The van der Waals surface area contributed by atoms with Gasteiger partial charge in [0.2, 0.25) is 20.0 Å². The van der Waals surface area contributed by atoms with Gasteiger partial charge >= 0.3 is 0 Å². The van der Waals surface area contributed by atoms with Crippen LogP contribution in [0.4, 0.5) is 5.82 Å². The van der Waals surface area contributed by atoms with E-state index in [-0.39, 0.29) is 16.5 Å². The van der Waals surface area contributed by atoms with Crippen molar-refractivity contribution in [1.82, 2.24) is 9.71 Å². The van der Waals surface area contributed by atoms with Crippen molar-refractivity contribution in [1.29, 1.82) is 0 Å². The summed E-state index contributed by atoms with van der Waals surface area (Å²) in [6, 6.07) is 1.24. The number of sulfonamides is 2. The first-order valence-corrected chi connectivity index (χ1v) is 9.63. The van der Waals surface area contributed by atoms with E-state index in [0.29, 0.717) is 12.4 Å². The lowest BCUT2D eigenvalue weighted by Gasteiger charge is -2.09. The molecule has 0 bridgehead atoms. The summed E-state index contributed by atoms with van der Waals surface area (Å²) in [6.07, 6.45) is 2.01. The molecule has 11 heteroatoms. The van der Waals surface area contributed by atoms with Crippen LogP contribution in [0, 0.1) is 0 Å². The zero-order valence-corrected chi connectivity index (χ0v) is 13.7. The van der Waals surface area contributed by atoms with Crippen molar-refractivity contribution in [3.05, 3.63) is 17.3 Å². The molecule has 0 aliphatic heterocycles. The summed E-state index contributed by atoms with van der Waals surface area (Å²) in [5.41, 5.74) is 0. The van der Waals surface area contributed by atoms with E-state index in [4.69, 9.17) is 16.7 Å². The van der Waals surface area contributed by atoms with Crippen molar-refractivity contribution in [2.24, 2.45) is 5.14 Å². The van der Waals surface area contributed by atoms with Crippen LogP contribution in [-0.4, -0.2) is 40.7 Å². The maximum atomic E-state index is 11.9. The maximum absolute atomic E-state index is 11.9. The second-order valence-corrected chi connectivity index (χ2v) is 8.10. The fraction of sp³-hybridized carbons (Fsp3) is 0.500. The van der Waals surface area contributed by atoms with Crippen LogP contribution in [0.1, 0.15) is 13.3 Å². The molecule has 0 aliphatic carbocycles. The second-order valence-electron chi connectivity index (χ2n) is 4.19. The number of nitrogens with zero attached hydrogens (tertiary/aromatic N) is 1. The van der Waals surface area contributed by atoms with Crippen LogP contribution in [-0.2, 0) is 20.0 Å². The molecule has 0 aliphatic rings. The molecule has 0 spiro atoms. The number of nitrogens with one attached hydrogen (secondary N) is 2. The summed E-state index contributed by atoms with van der Waals surface area (Å²) in [7, 11) is -7.62. The van der Waals surface area contributed by atoms with Gasteiger partial charge in [0.15, 0.2) is 0 Å². The maximum Gasteiger partial charge on any atom is 0.242 e. The molecule has 0 saturated carbocycles. The second kappa shape index (κ2) is 7.36. The number of halogens is 1. The predicted octanol–water partition coefficient (Wildman–Crippen LogP) is 0.124. The lowest BCUT2D eigenvalue weighted by Crippen LogP contribution is -2.31. The van der Waals surface area contributed by atoms with Crippen LogP contribution in [0.5, 0.6) is 0 Å². The zero-order chi connectivity index (χ0) is 16.1. The number of hydrogen-bond donors (Lipinski definition) is 3. The Morgan fingerprint density at radius 2 is 1.95 bits per heavy atom. The van der Waals surface area contributed by atoms with Crippen molar-refractivity contribution in [3.8, 4) is 0 Å². The molecule has 0 aromatic carbocycles. The third-order valence-corrected chi connectivity index (χ3v) is 4.84. The number of anilines is 1. The zero-order valence-electron chi connectivity index (χ0n) is 11.3. The molecule has 8 nitrogen and oxygen atoms in total. The highest BCUT2D eigenvalue weighted by molar-refractivity contribution is 7.90. The Balaban J connectivity index is 2.82. The lowest BCUT2D eigenvalue weighted by atomic mass is 10.4. The Morgan fingerprint density at radius 3 is 2.48 bits per heavy atom. The van der Waals surface area contributed by atoms with E-state index in [0.717, 1.165) is 12.6 Å². The molecule has 1 aromatic rings. The van der Waals surface area contributed by atoms with Gasteiger partial charge < -0.3 is 5.32 Å². The Morgan fingerprint density at radius 1 is 1.29 bits per heavy atom. The van der Waals surface area contributed by atoms with Crippen molar-refractivity contribution in [2.75, 3.05) is 24.2 Å². The first-order chi connectivity index (χ1) is 9.65. The average Bonchev–Trinajstić information content (AvgIpc) is 2.35. The van der Waals surface area contributed by atoms with Crippen LogP contribution in [0.15, 0.2) is 17.2 Å². The quantitative estimate of drug-likeness (QED) is 0.606. The summed E-state index contributed by atoms with van der Waals surface area (Å²) in [5, 5.41) is 7.90. The van der Waals surface area contributed by atoms with Gasteiger partial charge in [-0.3, -0.25) is 0 Å². The van der Waals surface area contributed by atoms with Crippen LogP contribution < -0.4 is 15.2 Å². The molecule has 120 valence electrons. The summed E-state index contributed by atoms with van der Waals surface area (Å²) < 4.78 is 47.5. The SMILES string of the molecule is CCCNc1ncc(S(=O)(=O)NCCS(N)(=O)=O)cc1Cl. The van der Waals surface area contributed by atoms with Gasteiger partial charge in [0, 0.05) is 19.3 Å². The standard InChI is InChI=1S/C10H17ClN4O4S2/c1-2-3-13-10-9(11)6-8(7-14-10)21(18,19)15-4-5-20(12,16)17/h6-7,15H,2-5H2,1H3,(H,13,14)(H2,12,16,17). The van der Waals surface area contributed by atoms with Crippen molar-refractivity contribution in [2.45, 2.75) is 18.2 Å². The van der Waals surface area contributed by atoms with Gasteiger partial charge in [0.25, 0.3) is 0 Å². The molecular weight excluding hydrogens is 340 g/mol. The van der Waals surface area contributed by atoms with Crippen LogP contribution in [0.2, 0.25) is 5.02 Å². The molecule has 4 N–H and O–H groups in total. The Kier molecular flexibility index (Phi) is 6.35. The summed E-state index contributed by atoms with van der Waals surface area (Å²) in [4.78, 5) is 3.78. The van der Waals surface area contributed by atoms with Gasteiger partial charge in [-0.05, 0) is 12.5 Å². The van der Waals surface area contributed by atoms with Gasteiger partial charge in [-0.2, -0.15) is 0 Å². The number of pyridine rings is 1. The van der Waals surface area contributed by atoms with Gasteiger partial charge in [-0.1, -0.05) is 18.5 Å². The van der Waals surface area contributed by atoms with E-state index in [9.17, 15) is 16.8 Å². The third-order valence-electron chi connectivity index (χ3n) is 2.35. The summed E-state index contributed by atoms with van der Waals surface area (Å²) >= 11 is 5.94. The van der Waals surface area contributed by atoms with E-state index in [1.807, 2.05) is 6.92 Å². The molecule has 0 unspecified atom stereocenters. The minimum absolute atomic E-state index is 0.149. The fourth-order valence-electron chi connectivity index (χ4n) is 1.34. The van der Waals surface area contributed by atoms with E-state index in [2.05, 4.69) is 15.0 Å². The molecule has 0 fully saturated rings. The number of rotatable bonds is 8. The molecule has 0 radical (unpaired) electrons.